The van der Waals surface area contributed by atoms with E-state index in [0.29, 0.717) is 0 Å². The van der Waals surface area contributed by atoms with Gasteiger partial charge in [-0.3, -0.25) is 4.79 Å². The van der Waals surface area contributed by atoms with E-state index in [0.717, 1.165) is 16.8 Å². The van der Waals surface area contributed by atoms with Crippen molar-refractivity contribution in [2.75, 3.05) is 0 Å². The lowest BCUT2D eigenvalue weighted by molar-refractivity contribution is -0.136. The number of benzene rings is 1. The Morgan fingerprint density at radius 2 is 1.89 bits per heavy atom. The molecule has 4 nitrogen and oxygen atoms in total. The molecule has 1 aromatic heterocycles. The Hall–Kier alpha value is -2.10. The van der Waals surface area contributed by atoms with Crippen LogP contribution in [0.5, 0.6) is 0 Å². The number of carboxylic acid groups (broad SMARTS) is 1. The van der Waals surface area contributed by atoms with E-state index < -0.39 is 5.97 Å². The average Bonchev–Trinajstić information content (AvgIpc) is 2.77. The lowest BCUT2D eigenvalue weighted by Crippen LogP contribution is -2.21. The summed E-state index contributed by atoms with van der Waals surface area (Å²) in [7, 11) is 0. The molecule has 0 bridgehead atoms. The summed E-state index contributed by atoms with van der Waals surface area (Å²) in [6, 6.07) is 7.59. The molecule has 2 rings (SSSR count). The van der Waals surface area contributed by atoms with E-state index in [4.69, 9.17) is 5.11 Å². The van der Waals surface area contributed by atoms with Gasteiger partial charge in [0.15, 0.2) is 0 Å². The summed E-state index contributed by atoms with van der Waals surface area (Å²) in [5.74, 6) is -0.813. The first-order chi connectivity index (χ1) is 8.88. The van der Waals surface area contributed by atoms with Crippen LogP contribution in [-0.4, -0.2) is 20.6 Å². The molecular formula is C15H18N2O2. The number of carbonyl (C=O) groups is 1. The predicted octanol–water partition coefficient (Wildman–Crippen LogP) is 2.93. The van der Waals surface area contributed by atoms with Crippen molar-refractivity contribution in [3.8, 4) is 11.3 Å². The Bertz CT molecular complexity index is 577. The summed E-state index contributed by atoms with van der Waals surface area (Å²) in [5.41, 5.74) is 2.85. The van der Waals surface area contributed by atoms with E-state index in [9.17, 15) is 4.79 Å². The fraction of sp³-hybridized carbons (Fsp3) is 0.333. The maximum absolute atomic E-state index is 10.7. The van der Waals surface area contributed by atoms with Crippen molar-refractivity contribution in [3.63, 3.8) is 0 Å². The molecule has 0 spiro atoms. The van der Waals surface area contributed by atoms with Crippen LogP contribution in [0.4, 0.5) is 0 Å². The van der Waals surface area contributed by atoms with Gasteiger partial charge in [0.05, 0.1) is 24.6 Å². The molecule has 0 saturated heterocycles. The third kappa shape index (κ3) is 3.02. The van der Waals surface area contributed by atoms with E-state index in [1.165, 1.54) is 0 Å². The van der Waals surface area contributed by atoms with E-state index in [2.05, 4.69) is 30.3 Å². The van der Waals surface area contributed by atoms with Crippen molar-refractivity contribution < 1.29 is 9.90 Å². The van der Waals surface area contributed by atoms with Gasteiger partial charge in [-0.25, -0.2) is 4.98 Å². The van der Waals surface area contributed by atoms with E-state index >= 15 is 0 Å². The number of carboxylic acids is 1. The SMILES string of the molecule is CC(C)(C)n1cncc1-c1ccc(CC(=O)O)cc1. The zero-order valence-corrected chi connectivity index (χ0v) is 11.4. The summed E-state index contributed by atoms with van der Waals surface area (Å²) in [6.45, 7) is 6.37. The highest BCUT2D eigenvalue weighted by molar-refractivity contribution is 5.70. The molecule has 1 N–H and O–H groups in total. The molecule has 0 atom stereocenters. The van der Waals surface area contributed by atoms with Gasteiger partial charge in [0.1, 0.15) is 0 Å². The first-order valence-electron chi connectivity index (χ1n) is 6.22. The zero-order chi connectivity index (χ0) is 14.0. The van der Waals surface area contributed by atoms with Gasteiger partial charge < -0.3 is 9.67 Å². The van der Waals surface area contributed by atoms with Crippen LogP contribution in [0.1, 0.15) is 26.3 Å². The van der Waals surface area contributed by atoms with Gasteiger partial charge in [0.2, 0.25) is 0 Å². The Labute approximate surface area is 112 Å². The lowest BCUT2D eigenvalue weighted by Gasteiger charge is -2.23. The second kappa shape index (κ2) is 4.88. The lowest BCUT2D eigenvalue weighted by atomic mass is 10.0. The summed E-state index contributed by atoms with van der Waals surface area (Å²) in [4.78, 5) is 14.9. The second-order valence-electron chi connectivity index (χ2n) is 5.59. The topological polar surface area (TPSA) is 55.1 Å². The average molecular weight is 258 g/mol. The Morgan fingerprint density at radius 1 is 1.26 bits per heavy atom. The van der Waals surface area contributed by atoms with Crippen LogP contribution in [0, 0.1) is 0 Å². The molecule has 0 radical (unpaired) electrons. The van der Waals surface area contributed by atoms with Crippen LogP contribution < -0.4 is 0 Å². The Kier molecular flexibility index (Phi) is 3.42. The number of hydrogen-bond donors (Lipinski definition) is 1. The highest BCUT2D eigenvalue weighted by Crippen LogP contribution is 2.25. The predicted molar refractivity (Wildman–Crippen MR) is 74.0 cm³/mol. The largest absolute Gasteiger partial charge is 0.481 e. The smallest absolute Gasteiger partial charge is 0.307 e. The van der Waals surface area contributed by atoms with Crippen molar-refractivity contribution in [3.05, 3.63) is 42.4 Å². The van der Waals surface area contributed by atoms with Gasteiger partial charge in [-0.05, 0) is 31.9 Å². The second-order valence-corrected chi connectivity index (χ2v) is 5.59. The van der Waals surface area contributed by atoms with E-state index in [1.807, 2.05) is 36.8 Å². The molecule has 0 unspecified atom stereocenters. The number of hydrogen-bond acceptors (Lipinski definition) is 2. The fourth-order valence-corrected chi connectivity index (χ4v) is 2.01. The summed E-state index contributed by atoms with van der Waals surface area (Å²) < 4.78 is 2.11. The molecule has 0 amide bonds. The summed E-state index contributed by atoms with van der Waals surface area (Å²) in [6.07, 6.45) is 3.71. The van der Waals surface area contributed by atoms with Crippen LogP contribution >= 0.6 is 0 Å². The molecule has 1 heterocycles. The maximum atomic E-state index is 10.7. The first-order valence-corrected chi connectivity index (χ1v) is 6.22. The third-order valence-electron chi connectivity index (χ3n) is 2.97. The highest BCUT2D eigenvalue weighted by atomic mass is 16.4. The van der Waals surface area contributed by atoms with Crippen LogP contribution in [-0.2, 0) is 16.8 Å². The molecule has 19 heavy (non-hydrogen) atoms. The quantitative estimate of drug-likeness (QED) is 0.921. The minimum absolute atomic E-state index is 0.0361. The maximum Gasteiger partial charge on any atom is 0.307 e. The number of imidazole rings is 1. The molecule has 100 valence electrons. The Morgan fingerprint density at radius 3 is 2.42 bits per heavy atom. The molecular weight excluding hydrogens is 240 g/mol. The van der Waals surface area contributed by atoms with Crippen molar-refractivity contribution in [1.29, 1.82) is 0 Å². The molecule has 4 heteroatoms. The monoisotopic (exact) mass is 258 g/mol. The number of nitrogens with zero attached hydrogens (tertiary/aromatic N) is 2. The standard InChI is InChI=1S/C15H18N2O2/c1-15(2,3)17-10-16-9-13(17)12-6-4-11(5-7-12)8-14(18)19/h4-7,9-10H,8H2,1-3H3,(H,18,19). The molecule has 1 aromatic carbocycles. The van der Waals surface area contributed by atoms with Crippen LogP contribution in [0.15, 0.2) is 36.8 Å². The van der Waals surface area contributed by atoms with Crippen LogP contribution in [0.3, 0.4) is 0 Å². The van der Waals surface area contributed by atoms with Crippen molar-refractivity contribution in [2.45, 2.75) is 32.7 Å². The molecule has 0 aliphatic heterocycles. The zero-order valence-electron chi connectivity index (χ0n) is 11.4. The molecule has 2 aromatic rings. The summed E-state index contributed by atoms with van der Waals surface area (Å²) in [5, 5.41) is 8.76. The minimum atomic E-state index is -0.813. The van der Waals surface area contributed by atoms with Crippen molar-refractivity contribution in [2.24, 2.45) is 0 Å². The van der Waals surface area contributed by atoms with Gasteiger partial charge >= 0.3 is 5.97 Å². The summed E-state index contributed by atoms with van der Waals surface area (Å²) >= 11 is 0. The van der Waals surface area contributed by atoms with E-state index in [1.54, 1.807) is 0 Å². The van der Waals surface area contributed by atoms with E-state index in [-0.39, 0.29) is 12.0 Å². The molecule has 0 saturated carbocycles. The molecule has 0 fully saturated rings. The van der Waals surface area contributed by atoms with Crippen molar-refractivity contribution >= 4 is 5.97 Å². The van der Waals surface area contributed by atoms with Crippen LogP contribution in [0.25, 0.3) is 11.3 Å². The van der Waals surface area contributed by atoms with Gasteiger partial charge in [0.25, 0.3) is 0 Å². The fourth-order valence-electron chi connectivity index (χ4n) is 2.01. The van der Waals surface area contributed by atoms with Gasteiger partial charge in [-0.1, -0.05) is 24.3 Å². The Balaban J connectivity index is 2.33. The number of aliphatic carboxylic acids is 1. The minimum Gasteiger partial charge on any atom is -0.481 e. The number of aromatic nitrogens is 2. The number of rotatable bonds is 3. The van der Waals surface area contributed by atoms with Gasteiger partial charge in [0, 0.05) is 5.54 Å². The van der Waals surface area contributed by atoms with Gasteiger partial charge in [-0.15, -0.1) is 0 Å². The molecule has 0 aliphatic carbocycles. The normalized spacial score (nSPS) is 11.5. The third-order valence-corrected chi connectivity index (χ3v) is 2.97. The van der Waals surface area contributed by atoms with Crippen molar-refractivity contribution in [1.82, 2.24) is 9.55 Å². The van der Waals surface area contributed by atoms with Gasteiger partial charge in [-0.2, -0.15) is 0 Å². The highest BCUT2D eigenvalue weighted by Gasteiger charge is 2.17. The molecule has 0 aliphatic rings. The van der Waals surface area contributed by atoms with Crippen LogP contribution in [0.2, 0.25) is 0 Å². The first kappa shape index (κ1) is 13.3.